The predicted molar refractivity (Wildman–Crippen MR) is 122 cm³/mol. The number of anilines is 1. The third-order valence-electron chi connectivity index (χ3n) is 5.57. The number of ether oxygens (including phenoxy) is 1. The molecule has 6 heteroatoms. The van der Waals surface area contributed by atoms with Crippen molar-refractivity contribution in [3.63, 3.8) is 0 Å². The van der Waals surface area contributed by atoms with Crippen molar-refractivity contribution < 1.29 is 23.8 Å². The molecule has 6 nitrogen and oxygen atoms in total. The third kappa shape index (κ3) is 3.68. The SMILES string of the molecule is Cc1cccc(N2C(=O)C(=O)/C(=C(\O)c3cccc(OC(C)C)c3)C2c2ccco2)c1C. The van der Waals surface area contributed by atoms with Crippen LogP contribution in [0, 0.1) is 13.8 Å². The summed E-state index contributed by atoms with van der Waals surface area (Å²) >= 11 is 0. The van der Waals surface area contributed by atoms with Crippen LogP contribution in [0.1, 0.15) is 42.3 Å². The number of carbonyl (C=O) groups is 2. The number of nitrogens with zero attached hydrogens (tertiary/aromatic N) is 1. The number of furan rings is 1. The highest BCUT2D eigenvalue weighted by atomic mass is 16.5. The summed E-state index contributed by atoms with van der Waals surface area (Å²) in [5.74, 6) is -0.799. The first-order valence-corrected chi connectivity index (χ1v) is 10.5. The number of Topliss-reactive ketones (excluding diaryl/α,β-unsaturated/α-hetero) is 1. The number of carbonyl (C=O) groups excluding carboxylic acids is 2. The highest BCUT2D eigenvalue weighted by molar-refractivity contribution is 6.51. The first-order valence-electron chi connectivity index (χ1n) is 10.5. The lowest BCUT2D eigenvalue weighted by molar-refractivity contribution is -0.132. The highest BCUT2D eigenvalue weighted by Crippen LogP contribution is 2.43. The minimum Gasteiger partial charge on any atom is -0.507 e. The van der Waals surface area contributed by atoms with Gasteiger partial charge < -0.3 is 14.3 Å². The normalized spacial score (nSPS) is 17.9. The topological polar surface area (TPSA) is 80.0 Å². The van der Waals surface area contributed by atoms with Crippen LogP contribution < -0.4 is 9.64 Å². The number of aryl methyl sites for hydroxylation is 1. The molecule has 1 N–H and O–H groups in total. The number of hydrogen-bond acceptors (Lipinski definition) is 5. The molecule has 32 heavy (non-hydrogen) atoms. The smallest absolute Gasteiger partial charge is 0.300 e. The van der Waals surface area contributed by atoms with E-state index in [0.29, 0.717) is 22.8 Å². The van der Waals surface area contributed by atoms with Gasteiger partial charge in [-0.3, -0.25) is 14.5 Å². The minimum absolute atomic E-state index is 0.0208. The van der Waals surface area contributed by atoms with Crippen molar-refractivity contribution in [3.8, 4) is 5.75 Å². The van der Waals surface area contributed by atoms with E-state index in [2.05, 4.69) is 0 Å². The van der Waals surface area contributed by atoms with Crippen LogP contribution in [-0.4, -0.2) is 22.9 Å². The summed E-state index contributed by atoms with van der Waals surface area (Å²) in [6.07, 6.45) is 1.43. The summed E-state index contributed by atoms with van der Waals surface area (Å²) < 4.78 is 11.3. The van der Waals surface area contributed by atoms with Gasteiger partial charge >= 0.3 is 0 Å². The quantitative estimate of drug-likeness (QED) is 0.336. The van der Waals surface area contributed by atoms with Gasteiger partial charge in [-0.1, -0.05) is 24.3 Å². The third-order valence-corrected chi connectivity index (χ3v) is 5.57. The Hall–Kier alpha value is -3.80. The molecular weight excluding hydrogens is 406 g/mol. The second kappa shape index (κ2) is 8.38. The number of amides is 1. The van der Waals surface area contributed by atoms with E-state index >= 15 is 0 Å². The van der Waals surface area contributed by atoms with E-state index in [1.54, 1.807) is 42.5 Å². The first kappa shape index (κ1) is 21.4. The predicted octanol–water partition coefficient (Wildman–Crippen LogP) is 5.31. The van der Waals surface area contributed by atoms with Gasteiger partial charge in [-0.2, -0.15) is 0 Å². The lowest BCUT2D eigenvalue weighted by Gasteiger charge is -2.25. The zero-order chi connectivity index (χ0) is 23.0. The second-order valence-electron chi connectivity index (χ2n) is 8.10. The van der Waals surface area contributed by atoms with Gasteiger partial charge in [0.25, 0.3) is 11.7 Å². The summed E-state index contributed by atoms with van der Waals surface area (Å²) in [5, 5.41) is 11.2. The van der Waals surface area contributed by atoms with Gasteiger partial charge in [0.2, 0.25) is 0 Å². The van der Waals surface area contributed by atoms with Gasteiger partial charge in [-0.15, -0.1) is 0 Å². The number of benzene rings is 2. The molecule has 0 bridgehead atoms. The molecule has 1 saturated heterocycles. The molecule has 1 amide bonds. The van der Waals surface area contributed by atoms with Gasteiger partial charge in [0.15, 0.2) is 0 Å². The van der Waals surface area contributed by atoms with Crippen molar-refractivity contribution in [1.82, 2.24) is 0 Å². The zero-order valence-corrected chi connectivity index (χ0v) is 18.5. The molecule has 164 valence electrons. The molecule has 1 aliphatic heterocycles. The molecule has 0 radical (unpaired) electrons. The maximum absolute atomic E-state index is 13.2. The number of aliphatic hydroxyl groups is 1. The van der Waals surface area contributed by atoms with E-state index in [1.807, 2.05) is 39.8 Å². The van der Waals surface area contributed by atoms with Crippen LogP contribution in [-0.2, 0) is 9.59 Å². The maximum atomic E-state index is 13.2. The highest BCUT2D eigenvalue weighted by Gasteiger charge is 2.48. The molecule has 0 spiro atoms. The molecule has 3 aromatic rings. The maximum Gasteiger partial charge on any atom is 0.300 e. The Morgan fingerprint density at radius 2 is 1.81 bits per heavy atom. The van der Waals surface area contributed by atoms with E-state index < -0.39 is 17.7 Å². The van der Waals surface area contributed by atoms with Crippen molar-refractivity contribution >= 4 is 23.1 Å². The molecule has 0 aliphatic carbocycles. The van der Waals surface area contributed by atoms with E-state index in [1.165, 1.54) is 11.2 Å². The van der Waals surface area contributed by atoms with Crippen molar-refractivity contribution in [2.24, 2.45) is 0 Å². The largest absolute Gasteiger partial charge is 0.507 e. The molecule has 2 heterocycles. The Balaban J connectivity index is 1.90. The van der Waals surface area contributed by atoms with Crippen LogP contribution in [0.5, 0.6) is 5.75 Å². The van der Waals surface area contributed by atoms with E-state index in [0.717, 1.165) is 11.1 Å². The van der Waals surface area contributed by atoms with Crippen molar-refractivity contribution in [2.45, 2.75) is 39.8 Å². The summed E-state index contributed by atoms with van der Waals surface area (Å²) in [5.41, 5.74) is 2.83. The van der Waals surface area contributed by atoms with Crippen LogP contribution in [0.4, 0.5) is 5.69 Å². The molecule has 0 saturated carbocycles. The van der Waals surface area contributed by atoms with Crippen LogP contribution in [0.3, 0.4) is 0 Å². The fourth-order valence-corrected chi connectivity index (χ4v) is 3.94. The Morgan fingerprint density at radius 3 is 2.50 bits per heavy atom. The Labute approximate surface area is 186 Å². The monoisotopic (exact) mass is 431 g/mol. The van der Waals surface area contributed by atoms with Gasteiger partial charge in [0.1, 0.15) is 23.3 Å². The van der Waals surface area contributed by atoms with Crippen molar-refractivity contribution in [3.05, 3.63) is 88.9 Å². The molecule has 1 aromatic heterocycles. The summed E-state index contributed by atoms with van der Waals surface area (Å²) in [7, 11) is 0. The standard InChI is InChI=1S/C26H25NO5/c1-15(2)32-19-10-6-9-18(14-19)24(28)22-23(21-12-7-13-31-21)27(26(30)25(22)29)20-11-5-8-16(3)17(20)4/h5-15,23,28H,1-4H3/b24-22-. The first-order chi connectivity index (χ1) is 15.3. The van der Waals surface area contributed by atoms with Gasteiger partial charge in [0, 0.05) is 11.3 Å². The van der Waals surface area contributed by atoms with Crippen molar-refractivity contribution in [1.29, 1.82) is 0 Å². The lowest BCUT2D eigenvalue weighted by Crippen LogP contribution is -2.30. The van der Waals surface area contributed by atoms with Crippen molar-refractivity contribution in [2.75, 3.05) is 4.90 Å². The fourth-order valence-electron chi connectivity index (χ4n) is 3.94. The molecule has 1 unspecified atom stereocenters. The van der Waals surface area contributed by atoms with Crippen LogP contribution >= 0.6 is 0 Å². The number of ketones is 1. The summed E-state index contributed by atoms with van der Waals surface area (Å²) in [6, 6.07) is 14.9. The van der Waals surface area contributed by atoms with Gasteiger partial charge in [-0.25, -0.2) is 0 Å². The molecule has 1 atom stereocenters. The Bertz CT molecular complexity index is 1210. The fraction of sp³-hybridized carbons (Fsp3) is 0.231. The van der Waals surface area contributed by atoms with E-state index in [4.69, 9.17) is 9.15 Å². The van der Waals surface area contributed by atoms with Crippen LogP contribution in [0.25, 0.3) is 5.76 Å². The zero-order valence-electron chi connectivity index (χ0n) is 18.5. The molecule has 1 fully saturated rings. The van der Waals surface area contributed by atoms with E-state index in [-0.39, 0.29) is 17.4 Å². The summed E-state index contributed by atoms with van der Waals surface area (Å²) in [4.78, 5) is 27.8. The number of hydrogen-bond donors (Lipinski definition) is 1. The van der Waals surface area contributed by atoms with Gasteiger partial charge in [-0.05, 0) is 69.2 Å². The Morgan fingerprint density at radius 1 is 1.06 bits per heavy atom. The molecule has 4 rings (SSSR count). The second-order valence-corrected chi connectivity index (χ2v) is 8.10. The van der Waals surface area contributed by atoms with Gasteiger partial charge in [0.05, 0.1) is 17.9 Å². The average molecular weight is 431 g/mol. The molecule has 1 aliphatic rings. The molecular formula is C26H25NO5. The van der Waals surface area contributed by atoms with Crippen LogP contribution in [0.2, 0.25) is 0 Å². The number of rotatable bonds is 5. The molecule has 2 aromatic carbocycles. The Kier molecular flexibility index (Phi) is 5.61. The average Bonchev–Trinajstić information content (AvgIpc) is 3.37. The lowest BCUT2D eigenvalue weighted by atomic mass is 9.98. The van der Waals surface area contributed by atoms with E-state index in [9.17, 15) is 14.7 Å². The van der Waals surface area contributed by atoms with Crippen LogP contribution in [0.15, 0.2) is 70.9 Å². The number of aliphatic hydroxyl groups excluding tert-OH is 1. The minimum atomic E-state index is -0.889. The summed E-state index contributed by atoms with van der Waals surface area (Å²) in [6.45, 7) is 7.64.